The Morgan fingerprint density at radius 3 is 2.55 bits per heavy atom. The van der Waals surface area contributed by atoms with Crippen LogP contribution >= 0.6 is 0 Å². The Bertz CT molecular complexity index is 870. The lowest BCUT2D eigenvalue weighted by Gasteiger charge is -2.15. The monoisotopic (exact) mass is 299 g/mol. The molecule has 0 unspecified atom stereocenters. The SMILES string of the molecule is Cc1cc(CN(C)Cc2ccc3c(c2)n(C)c(=O)n3C)n[nH]1. The molecule has 0 bridgehead atoms. The number of aromatic nitrogens is 4. The summed E-state index contributed by atoms with van der Waals surface area (Å²) in [5.74, 6) is 0. The molecule has 1 aromatic carbocycles. The van der Waals surface area contributed by atoms with E-state index in [0.717, 1.165) is 35.5 Å². The highest BCUT2D eigenvalue weighted by atomic mass is 16.1. The van der Waals surface area contributed by atoms with Crippen LogP contribution in [0.4, 0.5) is 0 Å². The van der Waals surface area contributed by atoms with Gasteiger partial charge in [-0.15, -0.1) is 0 Å². The maximum absolute atomic E-state index is 12.0. The fraction of sp³-hybridized carbons (Fsp3) is 0.375. The van der Waals surface area contributed by atoms with Crippen molar-refractivity contribution in [2.75, 3.05) is 7.05 Å². The number of nitrogens with one attached hydrogen (secondary N) is 1. The van der Waals surface area contributed by atoms with Crippen molar-refractivity contribution in [2.45, 2.75) is 20.0 Å². The first kappa shape index (κ1) is 14.6. The Labute approximate surface area is 129 Å². The molecule has 116 valence electrons. The summed E-state index contributed by atoms with van der Waals surface area (Å²) < 4.78 is 3.37. The Morgan fingerprint density at radius 2 is 1.86 bits per heavy atom. The number of benzene rings is 1. The third kappa shape index (κ3) is 2.57. The minimum atomic E-state index is 0.00695. The van der Waals surface area contributed by atoms with E-state index in [2.05, 4.69) is 40.3 Å². The third-order valence-electron chi connectivity index (χ3n) is 3.98. The van der Waals surface area contributed by atoms with Crippen molar-refractivity contribution in [1.82, 2.24) is 24.2 Å². The molecule has 0 saturated heterocycles. The lowest BCUT2D eigenvalue weighted by molar-refractivity contribution is 0.315. The van der Waals surface area contributed by atoms with Crippen molar-refractivity contribution in [2.24, 2.45) is 14.1 Å². The van der Waals surface area contributed by atoms with E-state index in [1.807, 2.05) is 20.0 Å². The van der Waals surface area contributed by atoms with Crippen LogP contribution in [0.5, 0.6) is 0 Å². The highest BCUT2D eigenvalue weighted by Crippen LogP contribution is 2.15. The second-order valence-corrected chi connectivity index (χ2v) is 5.94. The van der Waals surface area contributed by atoms with E-state index >= 15 is 0 Å². The van der Waals surface area contributed by atoms with Crippen LogP contribution in [0.1, 0.15) is 17.0 Å². The average molecular weight is 299 g/mol. The molecular formula is C16H21N5O. The molecule has 2 heterocycles. The predicted molar refractivity (Wildman–Crippen MR) is 86.7 cm³/mol. The van der Waals surface area contributed by atoms with E-state index in [-0.39, 0.29) is 5.69 Å². The molecule has 3 aromatic rings. The van der Waals surface area contributed by atoms with Crippen molar-refractivity contribution in [1.29, 1.82) is 0 Å². The molecule has 0 amide bonds. The van der Waals surface area contributed by atoms with Gasteiger partial charge < -0.3 is 0 Å². The number of H-pyrrole nitrogens is 1. The molecule has 0 aliphatic carbocycles. The van der Waals surface area contributed by atoms with Crippen LogP contribution in [0.2, 0.25) is 0 Å². The molecule has 0 radical (unpaired) electrons. The summed E-state index contributed by atoms with van der Waals surface area (Å²) >= 11 is 0. The minimum Gasteiger partial charge on any atom is -0.296 e. The number of hydrogen-bond donors (Lipinski definition) is 1. The zero-order valence-electron chi connectivity index (χ0n) is 13.4. The molecule has 6 nitrogen and oxygen atoms in total. The Hall–Kier alpha value is -2.34. The highest BCUT2D eigenvalue weighted by Gasteiger charge is 2.10. The molecule has 2 aromatic heterocycles. The maximum Gasteiger partial charge on any atom is 0.328 e. The van der Waals surface area contributed by atoms with E-state index in [0.29, 0.717) is 0 Å². The van der Waals surface area contributed by atoms with Crippen molar-refractivity contribution in [3.8, 4) is 0 Å². The molecule has 0 aliphatic rings. The maximum atomic E-state index is 12.0. The zero-order chi connectivity index (χ0) is 15.9. The summed E-state index contributed by atoms with van der Waals surface area (Å²) in [5.41, 5.74) is 5.23. The number of nitrogens with zero attached hydrogens (tertiary/aromatic N) is 4. The third-order valence-corrected chi connectivity index (χ3v) is 3.98. The summed E-state index contributed by atoms with van der Waals surface area (Å²) in [4.78, 5) is 14.2. The summed E-state index contributed by atoms with van der Waals surface area (Å²) in [7, 11) is 5.68. The lowest BCUT2D eigenvalue weighted by Crippen LogP contribution is -2.19. The first-order valence-corrected chi connectivity index (χ1v) is 7.29. The number of hydrogen-bond acceptors (Lipinski definition) is 3. The fourth-order valence-electron chi connectivity index (χ4n) is 2.85. The standard InChI is InChI=1S/C16H21N5O/c1-11-7-13(18-17-11)10-19(2)9-12-5-6-14-15(8-12)21(4)16(22)20(14)3/h5-8H,9-10H2,1-4H3,(H,17,18). The second kappa shape index (κ2) is 5.46. The van der Waals surface area contributed by atoms with Crippen molar-refractivity contribution >= 4 is 11.0 Å². The Balaban J connectivity index is 1.81. The molecular weight excluding hydrogens is 278 g/mol. The molecule has 0 atom stereocenters. The van der Waals surface area contributed by atoms with Gasteiger partial charge in [-0.25, -0.2) is 4.79 Å². The number of aromatic amines is 1. The number of imidazole rings is 1. The van der Waals surface area contributed by atoms with E-state index in [1.165, 1.54) is 5.56 Å². The highest BCUT2D eigenvalue weighted by molar-refractivity contribution is 5.76. The molecule has 0 fully saturated rings. The van der Waals surface area contributed by atoms with Crippen molar-refractivity contribution in [3.05, 3.63) is 51.7 Å². The molecule has 6 heteroatoms. The van der Waals surface area contributed by atoms with Crippen molar-refractivity contribution < 1.29 is 0 Å². The topological polar surface area (TPSA) is 58.9 Å². The number of fused-ring (bicyclic) bond motifs is 1. The average Bonchev–Trinajstić information content (AvgIpc) is 2.97. The molecule has 0 aliphatic heterocycles. The second-order valence-electron chi connectivity index (χ2n) is 5.94. The van der Waals surface area contributed by atoms with E-state index in [4.69, 9.17) is 0 Å². The Morgan fingerprint density at radius 1 is 1.14 bits per heavy atom. The Kier molecular flexibility index (Phi) is 3.62. The predicted octanol–water partition coefficient (Wildman–Crippen LogP) is 1.54. The molecule has 3 rings (SSSR count). The lowest BCUT2D eigenvalue weighted by atomic mass is 10.2. The van der Waals surface area contributed by atoms with Gasteiger partial charge in [0.1, 0.15) is 0 Å². The van der Waals surface area contributed by atoms with Gasteiger partial charge in [0.15, 0.2) is 0 Å². The first-order valence-electron chi connectivity index (χ1n) is 7.29. The van der Waals surface area contributed by atoms with Crippen LogP contribution < -0.4 is 5.69 Å². The van der Waals surface area contributed by atoms with E-state index in [1.54, 1.807) is 16.2 Å². The normalized spacial score (nSPS) is 11.7. The fourth-order valence-corrected chi connectivity index (χ4v) is 2.85. The van der Waals surface area contributed by atoms with Gasteiger partial charge in [-0.05, 0) is 37.7 Å². The summed E-state index contributed by atoms with van der Waals surface area (Å²) in [6.45, 7) is 3.60. The van der Waals surface area contributed by atoms with Crippen LogP contribution in [-0.4, -0.2) is 31.3 Å². The van der Waals surface area contributed by atoms with Gasteiger partial charge in [-0.2, -0.15) is 5.10 Å². The summed E-state index contributed by atoms with van der Waals surface area (Å²) in [6.07, 6.45) is 0. The molecule has 0 spiro atoms. The van der Waals surface area contributed by atoms with Gasteiger partial charge in [0.2, 0.25) is 0 Å². The van der Waals surface area contributed by atoms with Gasteiger partial charge in [0.05, 0.1) is 16.7 Å². The summed E-state index contributed by atoms with van der Waals surface area (Å²) in [5, 5.41) is 7.22. The van der Waals surface area contributed by atoms with Crippen molar-refractivity contribution in [3.63, 3.8) is 0 Å². The summed E-state index contributed by atoms with van der Waals surface area (Å²) in [6, 6.07) is 8.23. The van der Waals surface area contributed by atoms with Gasteiger partial charge in [-0.3, -0.25) is 19.1 Å². The minimum absolute atomic E-state index is 0.00695. The first-order chi connectivity index (χ1) is 10.5. The van der Waals surface area contributed by atoms with Gasteiger partial charge in [0.25, 0.3) is 0 Å². The van der Waals surface area contributed by atoms with E-state index < -0.39 is 0 Å². The van der Waals surface area contributed by atoms with Crippen LogP contribution in [0.15, 0.2) is 29.1 Å². The van der Waals surface area contributed by atoms with Crippen LogP contribution in [0.3, 0.4) is 0 Å². The van der Waals surface area contributed by atoms with Crippen LogP contribution in [-0.2, 0) is 27.2 Å². The molecule has 1 N–H and O–H groups in total. The van der Waals surface area contributed by atoms with Gasteiger partial charge >= 0.3 is 5.69 Å². The zero-order valence-corrected chi connectivity index (χ0v) is 13.4. The van der Waals surface area contributed by atoms with Crippen LogP contribution in [0.25, 0.3) is 11.0 Å². The van der Waals surface area contributed by atoms with Crippen LogP contribution in [0, 0.1) is 6.92 Å². The van der Waals surface area contributed by atoms with Gasteiger partial charge in [0, 0.05) is 32.9 Å². The largest absolute Gasteiger partial charge is 0.328 e. The molecule has 22 heavy (non-hydrogen) atoms. The van der Waals surface area contributed by atoms with Gasteiger partial charge in [-0.1, -0.05) is 6.07 Å². The number of aryl methyl sites for hydroxylation is 3. The quantitative estimate of drug-likeness (QED) is 0.795. The molecule has 0 saturated carbocycles. The smallest absolute Gasteiger partial charge is 0.296 e. The van der Waals surface area contributed by atoms with E-state index in [9.17, 15) is 4.79 Å². The number of rotatable bonds is 4.